The number of amides is 1. The number of benzene rings is 2. The van der Waals surface area contributed by atoms with Crippen LogP contribution in [0.15, 0.2) is 36.4 Å². The highest BCUT2D eigenvalue weighted by molar-refractivity contribution is 5.90. The number of non-ortho nitro benzene ring substituents is 1. The van der Waals surface area contributed by atoms with Crippen LogP contribution in [0.4, 0.5) is 11.4 Å². The van der Waals surface area contributed by atoms with Crippen LogP contribution in [-0.4, -0.2) is 44.5 Å². The zero-order valence-corrected chi connectivity index (χ0v) is 17.4. The average molecular weight is 427 g/mol. The van der Waals surface area contributed by atoms with Crippen LogP contribution in [0.2, 0.25) is 0 Å². The lowest BCUT2D eigenvalue weighted by atomic mass is 9.96. The Balaban J connectivity index is 2.13. The Morgan fingerprint density at radius 1 is 1.32 bits per heavy atom. The summed E-state index contributed by atoms with van der Waals surface area (Å²) in [4.78, 5) is 36.7. The molecule has 3 N–H and O–H groups in total. The number of fused-ring (bicyclic) bond motifs is 1. The van der Waals surface area contributed by atoms with Gasteiger partial charge in [-0.15, -0.1) is 0 Å². The Morgan fingerprint density at radius 2 is 2.00 bits per heavy atom. The van der Waals surface area contributed by atoms with Crippen LogP contribution < -0.4 is 5.32 Å². The van der Waals surface area contributed by atoms with Crippen molar-refractivity contribution in [3.8, 4) is 5.75 Å². The molecule has 0 fully saturated rings. The van der Waals surface area contributed by atoms with Gasteiger partial charge in [-0.05, 0) is 35.6 Å². The summed E-state index contributed by atoms with van der Waals surface area (Å²) in [5.41, 5.74) is 2.46. The molecule has 2 aromatic rings. The van der Waals surface area contributed by atoms with Crippen LogP contribution >= 0.6 is 0 Å². The molecule has 0 saturated heterocycles. The Bertz CT molecular complexity index is 1010. The number of aromatic hydroxyl groups is 1. The number of nitrogens with zero attached hydrogens (tertiary/aromatic N) is 2. The van der Waals surface area contributed by atoms with E-state index in [4.69, 9.17) is 0 Å². The van der Waals surface area contributed by atoms with Gasteiger partial charge in [0.1, 0.15) is 18.3 Å². The first kappa shape index (κ1) is 22.1. The number of nitro groups is 1. The number of phenols is 1. The van der Waals surface area contributed by atoms with Crippen molar-refractivity contribution in [2.45, 2.75) is 39.3 Å². The fourth-order valence-electron chi connectivity index (χ4n) is 3.75. The highest BCUT2D eigenvalue weighted by Crippen LogP contribution is 2.34. The maximum atomic E-state index is 13.1. The van der Waals surface area contributed by atoms with Gasteiger partial charge in [0.05, 0.1) is 4.92 Å². The third-order valence-electron chi connectivity index (χ3n) is 5.61. The van der Waals surface area contributed by atoms with E-state index in [1.165, 1.54) is 17.0 Å². The van der Waals surface area contributed by atoms with Gasteiger partial charge < -0.3 is 20.4 Å². The number of hydrogen-bond donors (Lipinski definition) is 3. The van der Waals surface area contributed by atoms with Gasteiger partial charge in [0.2, 0.25) is 5.91 Å². The van der Waals surface area contributed by atoms with Crippen molar-refractivity contribution in [3.63, 3.8) is 0 Å². The molecule has 0 spiro atoms. The van der Waals surface area contributed by atoms with Crippen molar-refractivity contribution in [2.75, 3.05) is 11.9 Å². The van der Waals surface area contributed by atoms with Crippen LogP contribution in [0.1, 0.15) is 37.0 Å². The van der Waals surface area contributed by atoms with Gasteiger partial charge >= 0.3 is 5.97 Å². The fraction of sp³-hybridized carbons (Fsp3) is 0.364. The molecule has 0 aromatic heterocycles. The van der Waals surface area contributed by atoms with Crippen LogP contribution in [-0.2, 0) is 22.6 Å². The van der Waals surface area contributed by atoms with Gasteiger partial charge in [-0.2, -0.15) is 0 Å². The molecular formula is C22H25N3O6. The molecule has 1 aliphatic heterocycles. The zero-order valence-electron chi connectivity index (χ0n) is 17.4. The SMILES string of the molecule is CC[C@H](C)[C@@H]1Nc2c(Cc3ccc(O)cc3)cc([N+](=O)[O-])cc2CN(CC(=O)O)C1=O. The van der Waals surface area contributed by atoms with Gasteiger partial charge in [0.25, 0.3) is 5.69 Å². The number of carboxylic acid groups (broad SMARTS) is 1. The molecule has 164 valence electrons. The van der Waals surface area contributed by atoms with Crippen molar-refractivity contribution in [1.82, 2.24) is 4.90 Å². The molecule has 31 heavy (non-hydrogen) atoms. The van der Waals surface area contributed by atoms with E-state index in [-0.39, 0.29) is 29.8 Å². The minimum atomic E-state index is -1.14. The van der Waals surface area contributed by atoms with Gasteiger partial charge in [0, 0.05) is 29.9 Å². The molecule has 0 radical (unpaired) electrons. The Hall–Kier alpha value is -3.62. The molecule has 0 bridgehead atoms. The van der Waals surface area contributed by atoms with E-state index in [1.54, 1.807) is 24.3 Å². The van der Waals surface area contributed by atoms with Crippen molar-refractivity contribution >= 4 is 23.3 Å². The number of anilines is 1. The van der Waals surface area contributed by atoms with E-state index in [0.717, 1.165) is 5.56 Å². The molecule has 0 unspecified atom stereocenters. The number of carbonyl (C=O) groups excluding carboxylic acids is 1. The summed E-state index contributed by atoms with van der Waals surface area (Å²) in [5.74, 6) is -1.45. The minimum Gasteiger partial charge on any atom is -0.508 e. The molecule has 3 rings (SSSR count). The minimum absolute atomic E-state index is 0.0370. The predicted octanol–water partition coefficient (Wildman–Crippen LogP) is 3.14. The molecule has 9 nitrogen and oxygen atoms in total. The summed E-state index contributed by atoms with van der Waals surface area (Å²) in [7, 11) is 0. The number of hydrogen-bond acceptors (Lipinski definition) is 6. The lowest BCUT2D eigenvalue weighted by molar-refractivity contribution is -0.385. The molecule has 0 saturated carbocycles. The second kappa shape index (κ2) is 9.03. The molecular weight excluding hydrogens is 402 g/mol. The summed E-state index contributed by atoms with van der Waals surface area (Å²) < 4.78 is 0. The predicted molar refractivity (Wildman–Crippen MR) is 114 cm³/mol. The molecule has 1 aliphatic rings. The molecule has 1 heterocycles. The van der Waals surface area contributed by atoms with Crippen LogP contribution in [0.3, 0.4) is 0 Å². The van der Waals surface area contributed by atoms with Crippen LogP contribution in [0, 0.1) is 16.0 Å². The van der Waals surface area contributed by atoms with Crippen molar-refractivity contribution in [1.29, 1.82) is 0 Å². The van der Waals surface area contributed by atoms with E-state index >= 15 is 0 Å². The van der Waals surface area contributed by atoms with Gasteiger partial charge in [-0.25, -0.2) is 0 Å². The third-order valence-corrected chi connectivity index (χ3v) is 5.61. The molecule has 1 amide bonds. The number of nitrogens with one attached hydrogen (secondary N) is 1. The van der Waals surface area contributed by atoms with E-state index in [1.807, 2.05) is 13.8 Å². The molecule has 0 aliphatic carbocycles. The highest BCUT2D eigenvalue weighted by Gasteiger charge is 2.35. The maximum Gasteiger partial charge on any atom is 0.323 e. The van der Waals surface area contributed by atoms with E-state index in [2.05, 4.69) is 5.32 Å². The first-order valence-electron chi connectivity index (χ1n) is 10.0. The second-order valence-electron chi connectivity index (χ2n) is 7.83. The van der Waals surface area contributed by atoms with Gasteiger partial charge in [-0.3, -0.25) is 19.7 Å². The number of carbonyl (C=O) groups is 2. The Labute approximate surface area is 179 Å². The monoisotopic (exact) mass is 427 g/mol. The third kappa shape index (κ3) is 4.93. The largest absolute Gasteiger partial charge is 0.508 e. The van der Waals surface area contributed by atoms with Gasteiger partial charge in [0.15, 0.2) is 0 Å². The lowest BCUT2D eigenvalue weighted by Gasteiger charge is -2.27. The summed E-state index contributed by atoms with van der Waals surface area (Å²) in [5, 5.41) is 33.6. The second-order valence-corrected chi connectivity index (χ2v) is 7.83. The van der Waals surface area contributed by atoms with E-state index in [0.29, 0.717) is 29.7 Å². The van der Waals surface area contributed by atoms with E-state index < -0.39 is 23.5 Å². The number of carboxylic acids is 1. The van der Waals surface area contributed by atoms with Crippen LogP contribution in [0.25, 0.3) is 0 Å². The molecule has 2 aromatic carbocycles. The van der Waals surface area contributed by atoms with Gasteiger partial charge in [-0.1, -0.05) is 32.4 Å². The smallest absolute Gasteiger partial charge is 0.323 e. The maximum absolute atomic E-state index is 13.1. The van der Waals surface area contributed by atoms with Crippen molar-refractivity contribution in [3.05, 3.63) is 63.2 Å². The summed E-state index contributed by atoms with van der Waals surface area (Å²) in [6.45, 7) is 3.33. The summed E-state index contributed by atoms with van der Waals surface area (Å²) in [6, 6.07) is 8.76. The van der Waals surface area contributed by atoms with Crippen molar-refractivity contribution in [2.24, 2.45) is 5.92 Å². The fourth-order valence-corrected chi connectivity index (χ4v) is 3.75. The van der Waals surface area contributed by atoms with Crippen molar-refractivity contribution < 1.29 is 24.7 Å². The number of rotatable bonds is 7. The Morgan fingerprint density at radius 3 is 2.58 bits per heavy atom. The first-order valence-corrected chi connectivity index (χ1v) is 10.0. The summed E-state index contributed by atoms with van der Waals surface area (Å²) >= 11 is 0. The quantitative estimate of drug-likeness (QED) is 0.457. The highest BCUT2D eigenvalue weighted by atomic mass is 16.6. The number of aliphatic carboxylic acids is 1. The molecule has 2 atom stereocenters. The van der Waals surface area contributed by atoms with E-state index in [9.17, 15) is 29.9 Å². The number of nitro benzene ring substituents is 1. The standard InChI is InChI=1S/C22H25N3O6/c1-3-13(2)20-22(29)24(12-19(27)28)11-16-10-17(25(30)31)9-15(21(16)23-20)8-14-4-6-18(26)7-5-14/h4-7,9-10,13,20,23,26H,3,8,11-12H2,1-2H3,(H,27,28)/t13-,20-/m0/s1. The average Bonchev–Trinajstić information content (AvgIpc) is 2.85. The molecule has 9 heteroatoms. The summed E-state index contributed by atoms with van der Waals surface area (Å²) in [6.07, 6.45) is 1.04. The lowest BCUT2D eigenvalue weighted by Crippen LogP contribution is -2.45. The topological polar surface area (TPSA) is 133 Å². The zero-order chi connectivity index (χ0) is 22.7. The normalized spacial score (nSPS) is 16.8. The number of phenolic OH excluding ortho intramolecular Hbond substituents is 1. The Kier molecular flexibility index (Phi) is 6.43. The van der Waals surface area contributed by atoms with Crippen LogP contribution in [0.5, 0.6) is 5.75 Å². The first-order chi connectivity index (χ1) is 14.7.